The predicted molar refractivity (Wildman–Crippen MR) is 74.7 cm³/mol. The van der Waals surface area contributed by atoms with Crippen LogP contribution in [0.2, 0.25) is 0 Å². The number of allylic oxidation sites excluding steroid dienone is 1. The fourth-order valence-corrected chi connectivity index (χ4v) is 1.89. The summed E-state index contributed by atoms with van der Waals surface area (Å²) < 4.78 is 11.1. The molecule has 1 fully saturated rings. The number of hydrogen-bond acceptors (Lipinski definition) is 4. The molecule has 0 saturated carbocycles. The molecule has 18 heavy (non-hydrogen) atoms. The average Bonchev–Trinajstić information content (AvgIpc) is 2.36. The number of hydrogen-bond donors (Lipinski definition) is 1. The quantitative estimate of drug-likeness (QED) is 0.667. The standard InChI is InChI=1S/C14H28N2O2/c1-5-17-8-6-16-7-9-18-14(11-16)10-15-13(4)12(2)3/h12,14-15H,4-11H2,1-3H3. The first-order valence-corrected chi connectivity index (χ1v) is 6.97. The number of ether oxygens (including phenoxy) is 2. The summed E-state index contributed by atoms with van der Waals surface area (Å²) in [5, 5.41) is 3.36. The summed E-state index contributed by atoms with van der Waals surface area (Å²) in [5.41, 5.74) is 1.09. The smallest absolute Gasteiger partial charge is 0.0874 e. The Hall–Kier alpha value is -0.580. The molecule has 0 aromatic rings. The van der Waals surface area contributed by atoms with E-state index in [4.69, 9.17) is 9.47 Å². The van der Waals surface area contributed by atoms with Crippen molar-refractivity contribution >= 4 is 0 Å². The molecule has 1 aliphatic rings. The number of rotatable bonds is 8. The molecular formula is C14H28N2O2. The van der Waals surface area contributed by atoms with Crippen LogP contribution in [0.15, 0.2) is 12.3 Å². The van der Waals surface area contributed by atoms with Gasteiger partial charge >= 0.3 is 0 Å². The van der Waals surface area contributed by atoms with E-state index in [2.05, 4.69) is 30.6 Å². The zero-order valence-corrected chi connectivity index (χ0v) is 12.1. The Kier molecular flexibility index (Phi) is 7.32. The van der Waals surface area contributed by atoms with E-state index in [-0.39, 0.29) is 6.10 Å². The Balaban J connectivity index is 2.20. The molecule has 1 N–H and O–H groups in total. The van der Waals surface area contributed by atoms with Crippen molar-refractivity contribution < 1.29 is 9.47 Å². The molecule has 0 amide bonds. The lowest BCUT2D eigenvalue weighted by Crippen LogP contribution is -2.47. The van der Waals surface area contributed by atoms with Gasteiger partial charge in [0.2, 0.25) is 0 Å². The third-order valence-electron chi connectivity index (χ3n) is 3.23. The summed E-state index contributed by atoms with van der Waals surface area (Å²) in [6.45, 7) is 16.6. The van der Waals surface area contributed by atoms with Gasteiger partial charge in [-0.25, -0.2) is 0 Å². The highest BCUT2D eigenvalue weighted by atomic mass is 16.5. The van der Waals surface area contributed by atoms with E-state index < -0.39 is 0 Å². The summed E-state index contributed by atoms with van der Waals surface area (Å²) in [6.07, 6.45) is 0.260. The van der Waals surface area contributed by atoms with Crippen LogP contribution in [0.5, 0.6) is 0 Å². The van der Waals surface area contributed by atoms with Crippen LogP contribution in [0, 0.1) is 5.92 Å². The van der Waals surface area contributed by atoms with Gasteiger partial charge in [0.25, 0.3) is 0 Å². The van der Waals surface area contributed by atoms with E-state index in [1.165, 1.54) is 0 Å². The predicted octanol–water partition coefficient (Wildman–Crippen LogP) is 1.48. The molecule has 1 rings (SSSR count). The van der Waals surface area contributed by atoms with E-state index in [1.54, 1.807) is 0 Å². The van der Waals surface area contributed by atoms with Gasteiger partial charge in [0, 0.05) is 38.5 Å². The van der Waals surface area contributed by atoms with Gasteiger partial charge in [-0.3, -0.25) is 4.90 Å². The fraction of sp³-hybridized carbons (Fsp3) is 0.857. The highest BCUT2D eigenvalue weighted by molar-refractivity contribution is 4.95. The Morgan fingerprint density at radius 3 is 3.00 bits per heavy atom. The topological polar surface area (TPSA) is 33.7 Å². The summed E-state index contributed by atoms with van der Waals surface area (Å²) in [6, 6.07) is 0. The molecule has 0 radical (unpaired) electrons. The normalized spacial score (nSPS) is 21.2. The van der Waals surface area contributed by atoms with Crippen molar-refractivity contribution in [3.05, 3.63) is 12.3 Å². The number of nitrogens with zero attached hydrogens (tertiary/aromatic N) is 1. The second kappa shape index (κ2) is 8.51. The molecule has 106 valence electrons. The fourth-order valence-electron chi connectivity index (χ4n) is 1.89. The third kappa shape index (κ3) is 5.85. The largest absolute Gasteiger partial charge is 0.386 e. The minimum atomic E-state index is 0.260. The minimum absolute atomic E-state index is 0.260. The molecule has 1 atom stereocenters. The molecular weight excluding hydrogens is 228 g/mol. The summed E-state index contributed by atoms with van der Waals surface area (Å²) in [4.78, 5) is 2.41. The van der Waals surface area contributed by atoms with Gasteiger partial charge in [0.15, 0.2) is 0 Å². The monoisotopic (exact) mass is 256 g/mol. The molecule has 1 unspecified atom stereocenters. The molecule has 0 spiro atoms. The molecule has 4 nitrogen and oxygen atoms in total. The molecule has 4 heteroatoms. The van der Waals surface area contributed by atoms with Crippen molar-refractivity contribution in [3.8, 4) is 0 Å². The lowest BCUT2D eigenvalue weighted by atomic mass is 10.1. The van der Waals surface area contributed by atoms with E-state index in [9.17, 15) is 0 Å². The summed E-state index contributed by atoms with van der Waals surface area (Å²) in [5.74, 6) is 0.475. The van der Waals surface area contributed by atoms with Crippen molar-refractivity contribution in [1.29, 1.82) is 0 Å². The first-order chi connectivity index (χ1) is 8.63. The van der Waals surface area contributed by atoms with Crippen LogP contribution in [0.25, 0.3) is 0 Å². The van der Waals surface area contributed by atoms with Gasteiger partial charge in [0.1, 0.15) is 0 Å². The Morgan fingerprint density at radius 1 is 1.56 bits per heavy atom. The van der Waals surface area contributed by atoms with E-state index in [1.807, 2.05) is 6.92 Å². The zero-order valence-electron chi connectivity index (χ0n) is 12.1. The highest BCUT2D eigenvalue weighted by Crippen LogP contribution is 2.07. The lowest BCUT2D eigenvalue weighted by Gasteiger charge is -2.33. The first-order valence-electron chi connectivity index (χ1n) is 6.97. The molecule has 0 aromatic carbocycles. The summed E-state index contributed by atoms with van der Waals surface area (Å²) >= 11 is 0. The van der Waals surface area contributed by atoms with Crippen molar-refractivity contribution in [2.24, 2.45) is 5.92 Å². The van der Waals surface area contributed by atoms with Crippen LogP contribution >= 0.6 is 0 Å². The van der Waals surface area contributed by atoms with Crippen LogP contribution in [0.3, 0.4) is 0 Å². The minimum Gasteiger partial charge on any atom is -0.386 e. The maximum atomic E-state index is 5.76. The summed E-state index contributed by atoms with van der Waals surface area (Å²) in [7, 11) is 0. The van der Waals surface area contributed by atoms with E-state index >= 15 is 0 Å². The molecule has 0 aliphatic carbocycles. The molecule has 0 bridgehead atoms. The second-order valence-corrected chi connectivity index (χ2v) is 5.05. The third-order valence-corrected chi connectivity index (χ3v) is 3.23. The van der Waals surface area contributed by atoms with Crippen LogP contribution in [0.1, 0.15) is 20.8 Å². The molecule has 1 heterocycles. The van der Waals surface area contributed by atoms with Crippen molar-refractivity contribution in [1.82, 2.24) is 10.2 Å². The molecule has 1 aliphatic heterocycles. The lowest BCUT2D eigenvalue weighted by molar-refractivity contribution is -0.0336. The Bertz CT molecular complexity index is 244. The van der Waals surface area contributed by atoms with Crippen LogP contribution in [-0.2, 0) is 9.47 Å². The molecule has 1 saturated heterocycles. The average molecular weight is 256 g/mol. The van der Waals surface area contributed by atoms with Gasteiger partial charge in [-0.1, -0.05) is 20.4 Å². The van der Waals surface area contributed by atoms with Gasteiger partial charge in [-0.05, 0) is 12.8 Å². The van der Waals surface area contributed by atoms with Gasteiger partial charge in [-0.15, -0.1) is 0 Å². The Morgan fingerprint density at radius 2 is 2.33 bits per heavy atom. The second-order valence-electron chi connectivity index (χ2n) is 5.05. The van der Waals surface area contributed by atoms with Crippen molar-refractivity contribution in [2.45, 2.75) is 26.9 Å². The molecule has 0 aromatic heterocycles. The van der Waals surface area contributed by atoms with E-state index in [0.29, 0.717) is 5.92 Å². The number of nitrogens with one attached hydrogen (secondary N) is 1. The van der Waals surface area contributed by atoms with Crippen LogP contribution < -0.4 is 5.32 Å². The van der Waals surface area contributed by atoms with Crippen LogP contribution in [0.4, 0.5) is 0 Å². The van der Waals surface area contributed by atoms with Crippen molar-refractivity contribution in [3.63, 3.8) is 0 Å². The Labute approximate surface area is 111 Å². The SMILES string of the molecule is C=C(NCC1CN(CCOCC)CCO1)C(C)C. The first kappa shape index (κ1) is 15.5. The van der Waals surface area contributed by atoms with Gasteiger partial charge in [0.05, 0.1) is 19.3 Å². The maximum Gasteiger partial charge on any atom is 0.0874 e. The number of morpholine rings is 1. The highest BCUT2D eigenvalue weighted by Gasteiger charge is 2.20. The maximum absolute atomic E-state index is 5.76. The van der Waals surface area contributed by atoms with E-state index in [0.717, 1.165) is 51.7 Å². The zero-order chi connectivity index (χ0) is 13.4. The van der Waals surface area contributed by atoms with Crippen LogP contribution in [-0.4, -0.2) is 57.0 Å². The van der Waals surface area contributed by atoms with Crippen molar-refractivity contribution in [2.75, 3.05) is 46.0 Å². The van der Waals surface area contributed by atoms with Gasteiger partial charge in [-0.2, -0.15) is 0 Å². The van der Waals surface area contributed by atoms with Gasteiger partial charge < -0.3 is 14.8 Å².